The summed E-state index contributed by atoms with van der Waals surface area (Å²) in [5.74, 6) is 0. The molecular formula is C5H10O5S. The minimum absolute atomic E-state index is 0.174. The molecule has 11 heavy (non-hydrogen) atoms. The van der Waals surface area contributed by atoms with E-state index in [0.29, 0.717) is 13.2 Å². The molecule has 0 aromatic rings. The van der Waals surface area contributed by atoms with Crippen LogP contribution in [-0.2, 0) is 23.8 Å². The molecule has 1 saturated heterocycles. The minimum atomic E-state index is -3.43. The van der Waals surface area contributed by atoms with Gasteiger partial charge in [0.2, 0.25) is 0 Å². The van der Waals surface area contributed by atoms with Crippen LogP contribution in [0, 0.1) is 0 Å². The van der Waals surface area contributed by atoms with E-state index < -0.39 is 16.4 Å². The molecule has 1 aliphatic heterocycles. The van der Waals surface area contributed by atoms with Crippen molar-refractivity contribution >= 4 is 10.1 Å². The smallest absolute Gasteiger partial charge is 0.266 e. The largest absolute Gasteiger partial charge is 0.374 e. The Labute approximate surface area is 65.4 Å². The summed E-state index contributed by atoms with van der Waals surface area (Å²) in [6, 6.07) is 0. The van der Waals surface area contributed by atoms with Crippen molar-refractivity contribution in [3.8, 4) is 0 Å². The molecule has 1 unspecified atom stereocenters. The van der Waals surface area contributed by atoms with Gasteiger partial charge in [0.1, 0.15) is 0 Å². The van der Waals surface area contributed by atoms with E-state index in [2.05, 4.69) is 4.18 Å². The van der Waals surface area contributed by atoms with Gasteiger partial charge in [-0.25, -0.2) is 4.18 Å². The molecule has 0 amide bonds. The van der Waals surface area contributed by atoms with Gasteiger partial charge in [0.25, 0.3) is 10.1 Å². The van der Waals surface area contributed by atoms with E-state index in [9.17, 15) is 8.42 Å². The summed E-state index contributed by atoms with van der Waals surface area (Å²) in [5.41, 5.74) is 0. The van der Waals surface area contributed by atoms with Crippen molar-refractivity contribution in [2.75, 3.05) is 26.1 Å². The first-order valence-corrected chi connectivity index (χ1v) is 4.97. The van der Waals surface area contributed by atoms with E-state index in [0.717, 1.165) is 6.26 Å². The van der Waals surface area contributed by atoms with Crippen LogP contribution in [0.15, 0.2) is 0 Å². The first kappa shape index (κ1) is 8.92. The third-order valence-corrected chi connectivity index (χ3v) is 1.63. The summed E-state index contributed by atoms with van der Waals surface area (Å²) >= 11 is 0. The maximum atomic E-state index is 10.5. The van der Waals surface area contributed by atoms with Crippen molar-refractivity contribution in [1.82, 2.24) is 0 Å². The van der Waals surface area contributed by atoms with Crippen LogP contribution in [0.2, 0.25) is 0 Å². The summed E-state index contributed by atoms with van der Waals surface area (Å²) < 4.78 is 35.4. The van der Waals surface area contributed by atoms with Crippen molar-refractivity contribution in [3.63, 3.8) is 0 Å². The Morgan fingerprint density at radius 2 is 2.18 bits per heavy atom. The van der Waals surface area contributed by atoms with Crippen LogP contribution >= 0.6 is 0 Å². The van der Waals surface area contributed by atoms with Crippen molar-refractivity contribution in [1.29, 1.82) is 0 Å². The Bertz CT molecular complexity index is 203. The van der Waals surface area contributed by atoms with Crippen LogP contribution in [0.25, 0.3) is 0 Å². The van der Waals surface area contributed by atoms with Gasteiger partial charge in [0.05, 0.1) is 26.1 Å². The second-order valence-electron chi connectivity index (χ2n) is 2.18. The minimum Gasteiger partial charge on any atom is -0.374 e. The monoisotopic (exact) mass is 182 g/mol. The molecule has 5 nitrogen and oxygen atoms in total. The van der Waals surface area contributed by atoms with Gasteiger partial charge in [-0.1, -0.05) is 0 Å². The SMILES string of the molecule is CS(=O)(=O)OC1COCCO1. The predicted molar refractivity (Wildman–Crippen MR) is 36.5 cm³/mol. The zero-order valence-electron chi connectivity index (χ0n) is 6.15. The lowest BCUT2D eigenvalue weighted by Gasteiger charge is -2.21. The molecule has 0 N–H and O–H groups in total. The highest BCUT2D eigenvalue weighted by Gasteiger charge is 2.19. The van der Waals surface area contributed by atoms with Gasteiger partial charge in [-0.05, 0) is 0 Å². The molecule has 0 spiro atoms. The summed E-state index contributed by atoms with van der Waals surface area (Å²) in [7, 11) is -3.43. The number of hydrogen-bond donors (Lipinski definition) is 0. The summed E-state index contributed by atoms with van der Waals surface area (Å²) in [6.07, 6.45) is 0.212. The standard InChI is InChI=1S/C5H10O5S/c1-11(6,7)10-5-4-8-2-3-9-5/h5H,2-4H2,1H3. The van der Waals surface area contributed by atoms with Gasteiger partial charge in [0.15, 0.2) is 6.29 Å². The third-order valence-electron chi connectivity index (χ3n) is 1.07. The fourth-order valence-electron chi connectivity index (χ4n) is 0.717. The second kappa shape index (κ2) is 3.48. The van der Waals surface area contributed by atoms with Crippen molar-refractivity contribution in [2.24, 2.45) is 0 Å². The normalized spacial score (nSPS) is 26.8. The topological polar surface area (TPSA) is 61.8 Å². The van der Waals surface area contributed by atoms with Crippen LogP contribution < -0.4 is 0 Å². The predicted octanol–water partition coefficient (Wildman–Crippen LogP) is -0.665. The first-order chi connectivity index (χ1) is 5.08. The van der Waals surface area contributed by atoms with Crippen molar-refractivity contribution < 1.29 is 22.1 Å². The fourth-order valence-corrected chi connectivity index (χ4v) is 1.22. The third kappa shape index (κ3) is 3.66. The highest BCUT2D eigenvalue weighted by Crippen LogP contribution is 2.04. The molecular weight excluding hydrogens is 172 g/mol. The van der Waals surface area contributed by atoms with Gasteiger partial charge < -0.3 is 9.47 Å². The zero-order valence-corrected chi connectivity index (χ0v) is 6.96. The number of hydrogen-bond acceptors (Lipinski definition) is 5. The summed E-state index contributed by atoms with van der Waals surface area (Å²) in [6.45, 7) is 1.04. The average molecular weight is 182 g/mol. The molecule has 1 fully saturated rings. The van der Waals surface area contributed by atoms with Gasteiger partial charge in [0, 0.05) is 0 Å². The Hall–Kier alpha value is -0.170. The number of ether oxygens (including phenoxy) is 2. The second-order valence-corrected chi connectivity index (χ2v) is 3.78. The first-order valence-electron chi connectivity index (χ1n) is 3.15. The molecule has 1 heterocycles. The molecule has 1 aliphatic rings. The van der Waals surface area contributed by atoms with Crippen LogP contribution in [0.4, 0.5) is 0 Å². The van der Waals surface area contributed by atoms with Crippen LogP contribution in [0.5, 0.6) is 0 Å². The van der Waals surface area contributed by atoms with E-state index in [1.54, 1.807) is 0 Å². The lowest BCUT2D eigenvalue weighted by Crippen LogP contribution is -2.32. The average Bonchev–Trinajstić information content (AvgIpc) is 1.85. The van der Waals surface area contributed by atoms with Crippen molar-refractivity contribution in [2.45, 2.75) is 6.29 Å². The van der Waals surface area contributed by atoms with E-state index in [1.165, 1.54) is 0 Å². The zero-order chi connectivity index (χ0) is 8.32. The lowest BCUT2D eigenvalue weighted by molar-refractivity contribution is -0.168. The highest BCUT2D eigenvalue weighted by molar-refractivity contribution is 7.86. The molecule has 0 aromatic heterocycles. The molecule has 66 valence electrons. The van der Waals surface area contributed by atoms with Gasteiger partial charge in [-0.2, -0.15) is 8.42 Å². The summed E-state index contributed by atoms with van der Waals surface area (Å²) in [5, 5.41) is 0. The molecule has 0 aromatic carbocycles. The van der Waals surface area contributed by atoms with E-state index >= 15 is 0 Å². The lowest BCUT2D eigenvalue weighted by atomic mass is 10.6. The summed E-state index contributed by atoms with van der Waals surface area (Å²) in [4.78, 5) is 0. The maximum Gasteiger partial charge on any atom is 0.266 e. The molecule has 6 heteroatoms. The van der Waals surface area contributed by atoms with Crippen molar-refractivity contribution in [3.05, 3.63) is 0 Å². The van der Waals surface area contributed by atoms with E-state index in [-0.39, 0.29) is 6.61 Å². The molecule has 0 bridgehead atoms. The Morgan fingerprint density at radius 1 is 1.45 bits per heavy atom. The van der Waals surface area contributed by atoms with Crippen LogP contribution in [0.1, 0.15) is 0 Å². The molecule has 0 aliphatic carbocycles. The maximum absolute atomic E-state index is 10.5. The van der Waals surface area contributed by atoms with Crippen LogP contribution in [-0.4, -0.2) is 40.8 Å². The highest BCUT2D eigenvalue weighted by atomic mass is 32.2. The van der Waals surface area contributed by atoms with Crippen LogP contribution in [0.3, 0.4) is 0 Å². The molecule has 0 radical (unpaired) electrons. The number of rotatable bonds is 2. The van der Waals surface area contributed by atoms with Gasteiger partial charge >= 0.3 is 0 Å². The molecule has 0 saturated carbocycles. The molecule has 1 rings (SSSR count). The van der Waals surface area contributed by atoms with E-state index in [1.807, 2.05) is 0 Å². The Balaban J connectivity index is 2.36. The van der Waals surface area contributed by atoms with E-state index in [4.69, 9.17) is 9.47 Å². The Kier molecular flexibility index (Phi) is 2.83. The quantitative estimate of drug-likeness (QED) is 0.530. The Morgan fingerprint density at radius 3 is 2.64 bits per heavy atom. The van der Waals surface area contributed by atoms with Gasteiger partial charge in [-0.3, -0.25) is 0 Å². The van der Waals surface area contributed by atoms with Gasteiger partial charge in [-0.15, -0.1) is 0 Å². The molecule has 1 atom stereocenters. The fraction of sp³-hybridized carbons (Fsp3) is 1.00.